The second-order valence-corrected chi connectivity index (χ2v) is 8.03. The number of thiazole rings is 2. The maximum atomic E-state index is 5.51. The van der Waals surface area contributed by atoms with Gasteiger partial charge in [-0.25, -0.2) is 9.97 Å². The van der Waals surface area contributed by atoms with E-state index in [9.17, 15) is 0 Å². The molecule has 0 aliphatic carbocycles. The van der Waals surface area contributed by atoms with Crippen molar-refractivity contribution in [3.63, 3.8) is 0 Å². The highest BCUT2D eigenvalue weighted by Gasteiger charge is 2.13. The molecule has 0 unspecified atom stereocenters. The number of hydrogen-bond donors (Lipinski definition) is 1. The summed E-state index contributed by atoms with van der Waals surface area (Å²) in [7, 11) is 1.67. The summed E-state index contributed by atoms with van der Waals surface area (Å²) >= 11 is 3.23. The van der Waals surface area contributed by atoms with Crippen molar-refractivity contribution in [3.8, 4) is 27.4 Å². The van der Waals surface area contributed by atoms with Crippen LogP contribution in [0, 0.1) is 13.8 Å². The molecule has 5 nitrogen and oxygen atoms in total. The summed E-state index contributed by atoms with van der Waals surface area (Å²) in [6.07, 6.45) is 3.62. The minimum Gasteiger partial charge on any atom is -0.495 e. The van der Waals surface area contributed by atoms with E-state index in [1.54, 1.807) is 36.0 Å². The first-order chi connectivity index (χ1) is 13.1. The van der Waals surface area contributed by atoms with Gasteiger partial charge in [-0.05, 0) is 37.6 Å². The van der Waals surface area contributed by atoms with Crippen molar-refractivity contribution < 1.29 is 4.74 Å². The molecule has 0 atom stereocenters. The van der Waals surface area contributed by atoms with E-state index in [1.807, 2.05) is 44.3 Å². The zero-order valence-corrected chi connectivity index (χ0v) is 16.8. The molecular formula is C20H18N4OS2. The number of nitrogens with zero attached hydrogens (tertiary/aromatic N) is 3. The van der Waals surface area contributed by atoms with Gasteiger partial charge in [-0.15, -0.1) is 22.7 Å². The van der Waals surface area contributed by atoms with Crippen LogP contribution in [0.2, 0.25) is 0 Å². The maximum Gasteiger partial charge on any atom is 0.187 e. The molecule has 0 aliphatic rings. The van der Waals surface area contributed by atoms with Crippen molar-refractivity contribution in [2.45, 2.75) is 13.8 Å². The molecule has 4 rings (SSSR count). The number of benzene rings is 1. The van der Waals surface area contributed by atoms with E-state index in [-0.39, 0.29) is 0 Å². The van der Waals surface area contributed by atoms with Gasteiger partial charge in [0, 0.05) is 23.3 Å². The van der Waals surface area contributed by atoms with Gasteiger partial charge in [-0.1, -0.05) is 12.1 Å². The second-order valence-electron chi connectivity index (χ2n) is 5.97. The van der Waals surface area contributed by atoms with Gasteiger partial charge >= 0.3 is 0 Å². The van der Waals surface area contributed by atoms with Gasteiger partial charge in [-0.2, -0.15) is 0 Å². The Morgan fingerprint density at radius 3 is 2.67 bits per heavy atom. The van der Waals surface area contributed by atoms with E-state index in [4.69, 9.17) is 9.72 Å². The normalized spacial score (nSPS) is 10.8. The molecule has 3 heterocycles. The molecule has 27 heavy (non-hydrogen) atoms. The van der Waals surface area contributed by atoms with Crippen LogP contribution in [0.4, 0.5) is 10.8 Å². The van der Waals surface area contributed by atoms with Crippen LogP contribution in [0.1, 0.15) is 10.7 Å². The highest BCUT2D eigenvalue weighted by atomic mass is 32.1. The minimum absolute atomic E-state index is 0.768. The molecule has 136 valence electrons. The number of ether oxygens (including phenoxy) is 1. The Labute approximate surface area is 165 Å². The SMILES string of the molecule is COc1ccc(-c2cccnc2)cc1Nc1nc(-c2sc(C)nc2C)cs1. The molecular weight excluding hydrogens is 376 g/mol. The number of methoxy groups -OCH3 is 1. The van der Waals surface area contributed by atoms with Crippen molar-refractivity contribution in [2.24, 2.45) is 0 Å². The predicted octanol–water partition coefficient (Wildman–Crippen LogP) is 5.70. The first-order valence-corrected chi connectivity index (χ1v) is 10.1. The molecule has 1 N–H and O–H groups in total. The summed E-state index contributed by atoms with van der Waals surface area (Å²) in [6, 6.07) is 10.0. The van der Waals surface area contributed by atoms with E-state index < -0.39 is 0 Å². The molecule has 0 aliphatic heterocycles. The lowest BCUT2D eigenvalue weighted by atomic mass is 10.1. The third-order valence-electron chi connectivity index (χ3n) is 4.08. The number of hydrogen-bond acceptors (Lipinski definition) is 7. The second kappa shape index (κ2) is 7.46. The quantitative estimate of drug-likeness (QED) is 0.471. The first-order valence-electron chi connectivity index (χ1n) is 8.39. The topological polar surface area (TPSA) is 59.9 Å². The van der Waals surface area contributed by atoms with Crippen molar-refractivity contribution in [2.75, 3.05) is 12.4 Å². The molecule has 3 aromatic heterocycles. The fourth-order valence-corrected chi connectivity index (χ4v) is 4.51. The van der Waals surface area contributed by atoms with Crippen LogP contribution < -0.4 is 10.1 Å². The molecule has 0 fully saturated rings. The molecule has 0 radical (unpaired) electrons. The summed E-state index contributed by atoms with van der Waals surface area (Å²) in [5.74, 6) is 0.768. The average Bonchev–Trinajstić information content (AvgIpc) is 3.28. The average molecular weight is 395 g/mol. The van der Waals surface area contributed by atoms with Crippen LogP contribution in [0.5, 0.6) is 5.75 Å². The van der Waals surface area contributed by atoms with Crippen LogP contribution >= 0.6 is 22.7 Å². The van der Waals surface area contributed by atoms with Gasteiger partial charge in [0.15, 0.2) is 5.13 Å². The maximum absolute atomic E-state index is 5.51. The summed E-state index contributed by atoms with van der Waals surface area (Å²) in [5, 5.41) is 7.32. The van der Waals surface area contributed by atoms with Crippen LogP contribution in [-0.4, -0.2) is 22.1 Å². The Hall–Kier alpha value is -2.77. The van der Waals surface area contributed by atoms with Gasteiger partial charge in [0.05, 0.1) is 34.1 Å². The van der Waals surface area contributed by atoms with E-state index in [0.29, 0.717) is 0 Å². The van der Waals surface area contributed by atoms with Crippen LogP contribution in [-0.2, 0) is 0 Å². The standard InChI is InChI=1S/C20H18N4OS2/c1-12-19(27-13(2)22-12)17-11-26-20(24-17)23-16-9-14(6-7-18(16)25-3)15-5-4-8-21-10-15/h4-11H,1-3H3,(H,23,24). The smallest absolute Gasteiger partial charge is 0.187 e. The molecule has 0 saturated carbocycles. The van der Waals surface area contributed by atoms with Gasteiger partial charge < -0.3 is 10.1 Å². The summed E-state index contributed by atoms with van der Waals surface area (Å²) in [4.78, 5) is 14.5. The Kier molecular flexibility index (Phi) is 4.87. The Morgan fingerprint density at radius 2 is 1.96 bits per heavy atom. The van der Waals surface area contributed by atoms with E-state index in [0.717, 1.165) is 49.0 Å². The van der Waals surface area contributed by atoms with E-state index in [1.165, 1.54) is 0 Å². The zero-order valence-electron chi connectivity index (χ0n) is 15.2. The number of anilines is 2. The van der Waals surface area contributed by atoms with Crippen LogP contribution in [0.15, 0.2) is 48.1 Å². The van der Waals surface area contributed by atoms with Crippen molar-refractivity contribution >= 4 is 33.5 Å². The summed E-state index contributed by atoms with van der Waals surface area (Å²) in [6.45, 7) is 4.03. The Morgan fingerprint density at radius 1 is 1.07 bits per heavy atom. The lowest BCUT2D eigenvalue weighted by Crippen LogP contribution is -1.95. The molecule has 7 heteroatoms. The largest absolute Gasteiger partial charge is 0.495 e. The Bertz CT molecular complexity index is 1070. The molecule has 4 aromatic rings. The third kappa shape index (κ3) is 3.70. The molecule has 0 amide bonds. The number of pyridine rings is 1. The van der Waals surface area contributed by atoms with Crippen molar-refractivity contribution in [1.82, 2.24) is 15.0 Å². The monoisotopic (exact) mass is 394 g/mol. The highest BCUT2D eigenvalue weighted by Crippen LogP contribution is 2.36. The number of aryl methyl sites for hydroxylation is 2. The first kappa shape index (κ1) is 17.6. The molecule has 0 spiro atoms. The molecule has 0 saturated heterocycles. The molecule has 0 bridgehead atoms. The lowest BCUT2D eigenvalue weighted by molar-refractivity contribution is 0.417. The van der Waals surface area contributed by atoms with E-state index >= 15 is 0 Å². The predicted molar refractivity (Wildman–Crippen MR) is 112 cm³/mol. The van der Waals surface area contributed by atoms with Crippen molar-refractivity contribution in [1.29, 1.82) is 0 Å². The van der Waals surface area contributed by atoms with Gasteiger partial charge in [0.25, 0.3) is 0 Å². The summed E-state index contributed by atoms with van der Waals surface area (Å²) in [5.41, 5.74) is 4.96. The van der Waals surface area contributed by atoms with Crippen LogP contribution in [0.25, 0.3) is 21.7 Å². The fraction of sp³-hybridized carbons (Fsp3) is 0.150. The van der Waals surface area contributed by atoms with Gasteiger partial charge in [0.1, 0.15) is 5.75 Å². The Balaban J connectivity index is 1.65. The summed E-state index contributed by atoms with van der Waals surface area (Å²) < 4.78 is 5.51. The number of rotatable bonds is 5. The molecule has 1 aromatic carbocycles. The van der Waals surface area contributed by atoms with E-state index in [2.05, 4.69) is 26.7 Å². The fourth-order valence-electron chi connectivity index (χ4n) is 2.84. The highest BCUT2D eigenvalue weighted by molar-refractivity contribution is 7.16. The zero-order chi connectivity index (χ0) is 18.8. The number of nitrogens with one attached hydrogen (secondary N) is 1. The lowest BCUT2D eigenvalue weighted by Gasteiger charge is -2.11. The minimum atomic E-state index is 0.768. The van der Waals surface area contributed by atoms with Gasteiger partial charge in [-0.3, -0.25) is 4.98 Å². The van der Waals surface area contributed by atoms with Gasteiger partial charge in [0.2, 0.25) is 0 Å². The number of aromatic nitrogens is 3. The third-order valence-corrected chi connectivity index (χ3v) is 5.93. The van der Waals surface area contributed by atoms with Crippen molar-refractivity contribution in [3.05, 3.63) is 58.8 Å². The van der Waals surface area contributed by atoms with Crippen LogP contribution in [0.3, 0.4) is 0 Å².